The summed E-state index contributed by atoms with van der Waals surface area (Å²) < 4.78 is 27.4. The van der Waals surface area contributed by atoms with Crippen LogP contribution in [-0.2, 0) is 15.4 Å². The van der Waals surface area contributed by atoms with Crippen molar-refractivity contribution in [2.75, 3.05) is 20.1 Å². The normalized spacial score (nSPS) is 18.5. The Balaban J connectivity index is 0.00000220. The molecule has 0 unspecified atom stereocenters. The number of sulfonamides is 1. The Morgan fingerprint density at radius 1 is 1.24 bits per heavy atom. The van der Waals surface area contributed by atoms with Crippen LogP contribution in [0.15, 0.2) is 16.3 Å². The van der Waals surface area contributed by atoms with Crippen LogP contribution >= 0.6 is 23.7 Å². The molecule has 1 fully saturated rings. The van der Waals surface area contributed by atoms with E-state index in [0.29, 0.717) is 23.3 Å². The second-order valence-corrected chi connectivity index (χ2v) is 9.58. The van der Waals surface area contributed by atoms with E-state index in [-0.39, 0.29) is 17.8 Å². The molecule has 0 atom stereocenters. The molecular formula is C14H25ClN2O2S2. The molecule has 1 N–H and O–H groups in total. The first-order valence-corrected chi connectivity index (χ1v) is 9.28. The lowest BCUT2D eigenvalue weighted by atomic mass is 9.95. The second kappa shape index (κ2) is 6.96. The van der Waals surface area contributed by atoms with E-state index < -0.39 is 10.0 Å². The summed E-state index contributed by atoms with van der Waals surface area (Å²) in [6.45, 7) is 7.53. The summed E-state index contributed by atoms with van der Waals surface area (Å²) in [6.07, 6.45) is 1.76. The highest BCUT2D eigenvalue weighted by atomic mass is 35.5. The molecule has 0 spiro atoms. The summed E-state index contributed by atoms with van der Waals surface area (Å²) in [5.41, 5.74) is -0.00242. The molecule has 0 bridgehead atoms. The predicted molar refractivity (Wildman–Crippen MR) is 91.1 cm³/mol. The number of rotatable bonds is 3. The van der Waals surface area contributed by atoms with Crippen molar-refractivity contribution in [3.05, 3.63) is 17.0 Å². The van der Waals surface area contributed by atoms with Crippen LogP contribution in [0.25, 0.3) is 0 Å². The van der Waals surface area contributed by atoms with E-state index in [0.717, 1.165) is 17.7 Å². The van der Waals surface area contributed by atoms with Crippen LogP contribution in [0.1, 0.15) is 38.5 Å². The van der Waals surface area contributed by atoms with Crippen molar-refractivity contribution in [3.63, 3.8) is 0 Å². The average Bonchev–Trinajstić information content (AvgIpc) is 2.89. The molecule has 1 saturated heterocycles. The zero-order valence-corrected chi connectivity index (χ0v) is 15.5. The van der Waals surface area contributed by atoms with Gasteiger partial charge in [-0.1, -0.05) is 20.8 Å². The van der Waals surface area contributed by atoms with Crippen LogP contribution in [0.2, 0.25) is 0 Å². The van der Waals surface area contributed by atoms with Crippen LogP contribution in [0.3, 0.4) is 0 Å². The molecule has 1 aromatic rings. The fourth-order valence-corrected chi connectivity index (χ4v) is 5.36. The molecule has 0 aliphatic carbocycles. The Labute approximate surface area is 138 Å². The van der Waals surface area contributed by atoms with E-state index in [1.54, 1.807) is 10.4 Å². The number of nitrogens with zero attached hydrogens (tertiary/aromatic N) is 1. The van der Waals surface area contributed by atoms with E-state index in [2.05, 4.69) is 26.1 Å². The predicted octanol–water partition coefficient (Wildman–Crippen LogP) is 2.84. The van der Waals surface area contributed by atoms with Gasteiger partial charge in [0.05, 0.1) is 0 Å². The van der Waals surface area contributed by atoms with Crippen molar-refractivity contribution in [2.24, 2.45) is 0 Å². The molecule has 0 amide bonds. The first-order valence-electron chi connectivity index (χ1n) is 7.03. The van der Waals surface area contributed by atoms with Gasteiger partial charge in [0.15, 0.2) is 0 Å². The summed E-state index contributed by atoms with van der Waals surface area (Å²) in [5, 5.41) is 3.22. The Kier molecular flexibility index (Phi) is 6.27. The fourth-order valence-electron chi connectivity index (χ4n) is 2.37. The van der Waals surface area contributed by atoms with Gasteiger partial charge in [-0.2, -0.15) is 4.31 Å². The van der Waals surface area contributed by atoms with Gasteiger partial charge in [-0.25, -0.2) is 8.42 Å². The highest BCUT2D eigenvalue weighted by Crippen LogP contribution is 2.33. The number of hydrogen-bond donors (Lipinski definition) is 1. The van der Waals surface area contributed by atoms with Gasteiger partial charge in [-0.15, -0.1) is 23.7 Å². The number of thiophene rings is 1. The summed E-state index contributed by atoms with van der Waals surface area (Å²) in [4.78, 5) is 1.11. The van der Waals surface area contributed by atoms with Crippen LogP contribution in [-0.4, -0.2) is 38.9 Å². The standard InChI is InChI=1S/C14H24N2O2S2.ClH/c1-14(2,3)12-5-6-13(19-12)20(17,18)16-9-7-11(15-4)8-10-16;/h5-6,11,15H,7-10H2,1-4H3;1H. The third kappa shape index (κ3) is 4.20. The van der Waals surface area contributed by atoms with E-state index in [9.17, 15) is 8.42 Å². The van der Waals surface area contributed by atoms with Crippen LogP contribution in [0.5, 0.6) is 0 Å². The Hall–Kier alpha value is -0.140. The van der Waals surface area contributed by atoms with Gasteiger partial charge < -0.3 is 5.32 Å². The van der Waals surface area contributed by atoms with Crippen molar-refractivity contribution < 1.29 is 8.42 Å². The quantitative estimate of drug-likeness (QED) is 0.910. The van der Waals surface area contributed by atoms with Crippen molar-refractivity contribution >= 4 is 33.8 Å². The third-order valence-electron chi connectivity index (χ3n) is 3.78. The maximum Gasteiger partial charge on any atom is 0.252 e. The maximum atomic E-state index is 12.6. The Morgan fingerprint density at radius 2 is 1.81 bits per heavy atom. The SMILES string of the molecule is CNC1CCN(S(=O)(=O)c2ccc(C(C)(C)C)s2)CC1.Cl. The summed E-state index contributed by atoms with van der Waals surface area (Å²) in [5.74, 6) is 0. The molecule has 21 heavy (non-hydrogen) atoms. The van der Waals surface area contributed by atoms with Gasteiger partial charge in [-0.3, -0.25) is 0 Å². The lowest BCUT2D eigenvalue weighted by molar-refractivity contribution is 0.299. The minimum atomic E-state index is -3.31. The third-order valence-corrected chi connectivity index (χ3v) is 7.65. The van der Waals surface area contributed by atoms with Crippen molar-refractivity contribution in [1.82, 2.24) is 9.62 Å². The molecule has 7 heteroatoms. The van der Waals surface area contributed by atoms with E-state index >= 15 is 0 Å². The van der Waals surface area contributed by atoms with Crippen LogP contribution in [0, 0.1) is 0 Å². The summed E-state index contributed by atoms with van der Waals surface area (Å²) in [6, 6.07) is 4.14. The summed E-state index contributed by atoms with van der Waals surface area (Å²) in [7, 11) is -1.37. The topological polar surface area (TPSA) is 49.4 Å². The van der Waals surface area contributed by atoms with Gasteiger partial charge in [0, 0.05) is 24.0 Å². The van der Waals surface area contributed by atoms with Gasteiger partial charge in [-0.05, 0) is 37.4 Å². The fraction of sp³-hybridized carbons (Fsp3) is 0.714. The molecule has 0 saturated carbocycles. The maximum absolute atomic E-state index is 12.6. The Morgan fingerprint density at radius 3 is 2.24 bits per heavy atom. The van der Waals surface area contributed by atoms with Gasteiger partial charge in [0.1, 0.15) is 4.21 Å². The number of piperidine rings is 1. The zero-order valence-electron chi connectivity index (χ0n) is 13.0. The highest BCUT2D eigenvalue weighted by molar-refractivity contribution is 7.91. The molecule has 122 valence electrons. The highest BCUT2D eigenvalue weighted by Gasteiger charge is 2.31. The number of hydrogen-bond acceptors (Lipinski definition) is 4. The van der Waals surface area contributed by atoms with Gasteiger partial charge in [0.2, 0.25) is 0 Å². The minimum Gasteiger partial charge on any atom is -0.317 e. The number of nitrogens with one attached hydrogen (secondary N) is 1. The molecule has 2 rings (SSSR count). The lowest BCUT2D eigenvalue weighted by Gasteiger charge is -2.30. The average molecular weight is 353 g/mol. The minimum absolute atomic E-state index is 0. The van der Waals surface area contributed by atoms with Crippen LogP contribution < -0.4 is 5.32 Å². The molecule has 1 aliphatic rings. The molecular weight excluding hydrogens is 328 g/mol. The second-order valence-electron chi connectivity index (χ2n) is 6.34. The molecule has 1 aromatic heterocycles. The molecule has 4 nitrogen and oxygen atoms in total. The first kappa shape index (κ1) is 18.9. The largest absolute Gasteiger partial charge is 0.317 e. The molecule has 0 aromatic carbocycles. The van der Waals surface area contributed by atoms with Gasteiger partial charge >= 0.3 is 0 Å². The van der Waals surface area contributed by atoms with Gasteiger partial charge in [0.25, 0.3) is 10.0 Å². The molecule has 0 radical (unpaired) electrons. The molecule has 1 aliphatic heterocycles. The zero-order chi connectivity index (χ0) is 15.0. The summed E-state index contributed by atoms with van der Waals surface area (Å²) >= 11 is 1.40. The van der Waals surface area contributed by atoms with E-state index in [1.807, 2.05) is 13.1 Å². The van der Waals surface area contributed by atoms with Crippen molar-refractivity contribution in [1.29, 1.82) is 0 Å². The van der Waals surface area contributed by atoms with Crippen molar-refractivity contribution in [3.8, 4) is 0 Å². The van der Waals surface area contributed by atoms with Crippen LogP contribution in [0.4, 0.5) is 0 Å². The molecule has 2 heterocycles. The Bertz CT molecular complexity index is 556. The lowest BCUT2D eigenvalue weighted by Crippen LogP contribution is -2.43. The monoisotopic (exact) mass is 352 g/mol. The van der Waals surface area contributed by atoms with E-state index in [4.69, 9.17) is 0 Å². The number of halogens is 1. The van der Waals surface area contributed by atoms with Crippen molar-refractivity contribution in [2.45, 2.75) is 49.3 Å². The smallest absolute Gasteiger partial charge is 0.252 e. The van der Waals surface area contributed by atoms with E-state index in [1.165, 1.54) is 11.3 Å². The first-order chi connectivity index (χ1) is 9.25.